The van der Waals surface area contributed by atoms with Gasteiger partial charge in [0, 0.05) is 0 Å². The topological polar surface area (TPSA) is 12.0 Å². The number of hydrogen-bond acceptors (Lipinski definition) is 1. The van der Waals surface area contributed by atoms with Gasteiger partial charge in [-0.15, -0.1) is 12.4 Å². The first-order chi connectivity index (χ1) is 7.34. The van der Waals surface area contributed by atoms with Gasteiger partial charge in [0.1, 0.15) is 5.82 Å². The summed E-state index contributed by atoms with van der Waals surface area (Å²) in [5.41, 5.74) is 2.40. The maximum absolute atomic E-state index is 13.0. The molecule has 0 aliphatic carbocycles. The van der Waals surface area contributed by atoms with Crippen LogP contribution in [0.5, 0.6) is 0 Å². The Morgan fingerprint density at radius 2 is 2.06 bits per heavy atom. The molecule has 16 heavy (non-hydrogen) atoms. The first-order valence-electron chi connectivity index (χ1n) is 5.50. The molecule has 2 rings (SSSR count). The predicted octanol–water partition coefficient (Wildman–Crippen LogP) is 3.40. The van der Waals surface area contributed by atoms with Crippen LogP contribution in [0.1, 0.15) is 24.8 Å². The Morgan fingerprint density at radius 1 is 1.19 bits per heavy atom. The minimum absolute atomic E-state index is 0. The van der Waals surface area contributed by atoms with Gasteiger partial charge < -0.3 is 5.32 Å². The molecule has 1 fully saturated rings. The van der Waals surface area contributed by atoms with Crippen LogP contribution < -0.4 is 5.32 Å². The molecule has 1 aromatic carbocycles. The van der Waals surface area contributed by atoms with E-state index in [2.05, 4.69) is 11.4 Å². The van der Waals surface area contributed by atoms with Crippen molar-refractivity contribution in [3.8, 4) is 0 Å². The molecular weight excluding hydrogens is 225 g/mol. The second-order valence-electron chi connectivity index (χ2n) is 3.96. The smallest absolute Gasteiger partial charge is 0.123 e. The van der Waals surface area contributed by atoms with Crippen LogP contribution >= 0.6 is 12.4 Å². The molecule has 1 saturated heterocycles. The highest BCUT2D eigenvalue weighted by Gasteiger charge is 2.03. The first kappa shape index (κ1) is 13.2. The summed E-state index contributed by atoms with van der Waals surface area (Å²) in [5.74, 6) is -0.156. The van der Waals surface area contributed by atoms with Crippen LogP contribution in [0.4, 0.5) is 4.39 Å². The summed E-state index contributed by atoms with van der Waals surface area (Å²) < 4.78 is 13.0. The number of benzene rings is 1. The van der Waals surface area contributed by atoms with E-state index in [0.717, 1.165) is 31.5 Å². The van der Waals surface area contributed by atoms with Crippen molar-refractivity contribution in [1.82, 2.24) is 5.32 Å². The van der Waals surface area contributed by atoms with Gasteiger partial charge in [0.15, 0.2) is 0 Å². The summed E-state index contributed by atoms with van der Waals surface area (Å²) in [5, 5.41) is 3.36. The van der Waals surface area contributed by atoms with E-state index in [-0.39, 0.29) is 18.2 Å². The summed E-state index contributed by atoms with van der Waals surface area (Å²) in [7, 11) is 0. The molecule has 0 radical (unpaired) electrons. The minimum Gasteiger partial charge on any atom is -0.316 e. The van der Waals surface area contributed by atoms with E-state index < -0.39 is 0 Å². The zero-order chi connectivity index (χ0) is 10.5. The lowest BCUT2D eigenvalue weighted by Crippen LogP contribution is -2.13. The highest BCUT2D eigenvalue weighted by atomic mass is 35.5. The minimum atomic E-state index is -0.156. The third kappa shape index (κ3) is 3.95. The van der Waals surface area contributed by atoms with Gasteiger partial charge in [0.05, 0.1) is 0 Å². The van der Waals surface area contributed by atoms with Crippen LogP contribution in [-0.4, -0.2) is 13.1 Å². The Labute approximate surface area is 102 Å². The number of halogens is 2. The summed E-state index contributed by atoms with van der Waals surface area (Å²) in [6, 6.07) is 6.78. The molecule has 0 aromatic heterocycles. The molecule has 0 amide bonds. The van der Waals surface area contributed by atoms with Crippen molar-refractivity contribution in [2.24, 2.45) is 0 Å². The van der Waals surface area contributed by atoms with E-state index in [9.17, 15) is 4.39 Å². The average molecular weight is 242 g/mol. The van der Waals surface area contributed by atoms with Crippen molar-refractivity contribution < 1.29 is 4.39 Å². The number of rotatable bonds is 1. The Balaban J connectivity index is 0.00000128. The van der Waals surface area contributed by atoms with E-state index in [1.54, 1.807) is 12.1 Å². The molecule has 1 aliphatic heterocycles. The number of nitrogens with one attached hydrogen (secondary N) is 1. The lowest BCUT2D eigenvalue weighted by atomic mass is 10.0. The second kappa shape index (κ2) is 6.66. The lowest BCUT2D eigenvalue weighted by Gasteiger charge is -2.02. The van der Waals surface area contributed by atoms with Crippen LogP contribution in [0.2, 0.25) is 0 Å². The largest absolute Gasteiger partial charge is 0.316 e. The molecule has 1 aromatic rings. The molecule has 0 atom stereocenters. The lowest BCUT2D eigenvalue weighted by molar-refractivity contribution is 0.627. The third-order valence-corrected chi connectivity index (χ3v) is 2.69. The SMILES string of the molecule is Cl.Fc1cccc(/C=C2/CCCNCC2)c1. The molecule has 88 valence electrons. The third-order valence-electron chi connectivity index (χ3n) is 2.69. The van der Waals surface area contributed by atoms with Gasteiger partial charge in [-0.3, -0.25) is 0 Å². The van der Waals surface area contributed by atoms with Crippen molar-refractivity contribution in [2.75, 3.05) is 13.1 Å². The molecule has 1 nitrogen and oxygen atoms in total. The maximum atomic E-state index is 13.0. The van der Waals surface area contributed by atoms with E-state index in [1.807, 2.05) is 6.07 Å². The van der Waals surface area contributed by atoms with E-state index >= 15 is 0 Å². The van der Waals surface area contributed by atoms with Gasteiger partial charge in [-0.05, 0) is 50.0 Å². The van der Waals surface area contributed by atoms with Gasteiger partial charge in [-0.25, -0.2) is 4.39 Å². The second-order valence-corrected chi connectivity index (χ2v) is 3.96. The van der Waals surface area contributed by atoms with Crippen molar-refractivity contribution in [3.63, 3.8) is 0 Å². The fourth-order valence-corrected chi connectivity index (χ4v) is 1.92. The monoisotopic (exact) mass is 241 g/mol. The fourth-order valence-electron chi connectivity index (χ4n) is 1.92. The normalized spacial score (nSPS) is 18.9. The van der Waals surface area contributed by atoms with Crippen molar-refractivity contribution in [2.45, 2.75) is 19.3 Å². The fraction of sp³-hybridized carbons (Fsp3) is 0.385. The summed E-state index contributed by atoms with van der Waals surface area (Å²) >= 11 is 0. The maximum Gasteiger partial charge on any atom is 0.123 e. The highest BCUT2D eigenvalue weighted by Crippen LogP contribution is 2.17. The van der Waals surface area contributed by atoms with Gasteiger partial charge in [0.25, 0.3) is 0 Å². The predicted molar refractivity (Wildman–Crippen MR) is 68.3 cm³/mol. The van der Waals surface area contributed by atoms with Gasteiger partial charge in [-0.1, -0.05) is 23.8 Å². The van der Waals surface area contributed by atoms with Crippen LogP contribution in [0.15, 0.2) is 29.8 Å². The van der Waals surface area contributed by atoms with E-state index in [1.165, 1.54) is 18.1 Å². The molecule has 0 saturated carbocycles. The Kier molecular flexibility index (Phi) is 5.50. The Hall–Kier alpha value is -0.860. The molecule has 0 bridgehead atoms. The Morgan fingerprint density at radius 3 is 2.88 bits per heavy atom. The van der Waals surface area contributed by atoms with Crippen LogP contribution in [0.3, 0.4) is 0 Å². The van der Waals surface area contributed by atoms with Crippen LogP contribution in [0, 0.1) is 5.82 Å². The zero-order valence-corrected chi connectivity index (χ0v) is 10.0. The molecule has 0 unspecified atom stereocenters. The molecule has 3 heteroatoms. The van der Waals surface area contributed by atoms with Crippen molar-refractivity contribution >= 4 is 18.5 Å². The average Bonchev–Trinajstić information content (AvgIpc) is 2.46. The molecule has 0 spiro atoms. The molecular formula is C13H17ClFN. The van der Waals surface area contributed by atoms with Crippen molar-refractivity contribution in [1.29, 1.82) is 0 Å². The molecule has 1 heterocycles. The van der Waals surface area contributed by atoms with Crippen LogP contribution in [0.25, 0.3) is 6.08 Å². The van der Waals surface area contributed by atoms with Gasteiger partial charge in [-0.2, -0.15) is 0 Å². The van der Waals surface area contributed by atoms with Crippen LogP contribution in [-0.2, 0) is 0 Å². The van der Waals surface area contributed by atoms with E-state index in [4.69, 9.17) is 0 Å². The van der Waals surface area contributed by atoms with Gasteiger partial charge in [0.2, 0.25) is 0 Å². The number of hydrogen-bond donors (Lipinski definition) is 1. The first-order valence-corrected chi connectivity index (χ1v) is 5.50. The zero-order valence-electron chi connectivity index (χ0n) is 9.21. The molecule has 1 N–H and O–H groups in total. The van der Waals surface area contributed by atoms with Gasteiger partial charge >= 0.3 is 0 Å². The highest BCUT2D eigenvalue weighted by molar-refractivity contribution is 5.85. The quantitative estimate of drug-likeness (QED) is 0.795. The molecule has 1 aliphatic rings. The standard InChI is InChI=1S/C13H16FN.ClH/c14-13-5-1-3-12(10-13)9-11-4-2-7-15-8-6-11;/h1,3,5,9-10,15H,2,4,6-8H2;1H/b11-9-;. The van der Waals surface area contributed by atoms with E-state index in [0.29, 0.717) is 0 Å². The summed E-state index contributed by atoms with van der Waals surface area (Å²) in [6.45, 7) is 2.14. The summed E-state index contributed by atoms with van der Waals surface area (Å²) in [4.78, 5) is 0. The summed E-state index contributed by atoms with van der Waals surface area (Å²) in [6.07, 6.45) is 5.51. The van der Waals surface area contributed by atoms with Crippen molar-refractivity contribution in [3.05, 3.63) is 41.2 Å². The Bertz CT molecular complexity index is 353.